The summed E-state index contributed by atoms with van der Waals surface area (Å²) >= 11 is 0. The molecule has 0 spiro atoms. The second-order valence-corrected chi connectivity index (χ2v) is 20.1. The number of hydrogen-bond donors (Lipinski definition) is 4. The number of fused-ring (bicyclic) bond motifs is 1. The molecule has 17 nitrogen and oxygen atoms in total. The van der Waals surface area contributed by atoms with Crippen LogP contribution >= 0.6 is 7.82 Å². The molecule has 3 aliphatic rings. The Labute approximate surface area is 270 Å². The second-order valence-electron chi connectivity index (χ2n) is 13.7. The molecule has 0 saturated carbocycles. The van der Waals surface area contributed by atoms with E-state index in [2.05, 4.69) is 43.8 Å². The molecular formula is C28H43N4O13PSi. The first-order valence-electron chi connectivity index (χ1n) is 15.4. The van der Waals surface area contributed by atoms with Crippen LogP contribution < -0.4 is 22.5 Å². The first kappa shape index (κ1) is 35.8. The number of aliphatic hydroxyl groups excluding tert-OH is 1. The predicted molar refractivity (Wildman–Crippen MR) is 168 cm³/mol. The van der Waals surface area contributed by atoms with Crippen molar-refractivity contribution in [3.63, 3.8) is 0 Å². The first-order valence-corrected chi connectivity index (χ1v) is 19.8. The number of nitrogens with zero attached hydrogens (tertiary/aromatic N) is 2. The van der Waals surface area contributed by atoms with Crippen LogP contribution in [0.4, 0.5) is 0 Å². The van der Waals surface area contributed by atoms with Gasteiger partial charge in [-0.1, -0.05) is 20.8 Å². The zero-order valence-corrected chi connectivity index (χ0v) is 29.1. The van der Waals surface area contributed by atoms with Gasteiger partial charge in [0.2, 0.25) is 0 Å². The average Bonchev–Trinajstić information content (AvgIpc) is 3.48. The molecule has 2 aromatic rings. The van der Waals surface area contributed by atoms with E-state index in [1.165, 1.54) is 10.8 Å². The average molecular weight is 703 g/mol. The minimum absolute atomic E-state index is 0.0341. The number of ether oxygens (including phenoxy) is 2. The van der Waals surface area contributed by atoms with E-state index in [9.17, 15) is 34.0 Å². The third kappa shape index (κ3) is 7.13. The van der Waals surface area contributed by atoms with E-state index < -0.39 is 87.7 Å². The molecule has 4 N–H and O–H groups in total. The highest BCUT2D eigenvalue weighted by Crippen LogP contribution is 2.57. The van der Waals surface area contributed by atoms with E-state index in [1.807, 2.05) is 0 Å². The highest BCUT2D eigenvalue weighted by molar-refractivity contribution is 7.48. The van der Waals surface area contributed by atoms with Crippen molar-refractivity contribution in [2.45, 2.75) is 108 Å². The normalized spacial score (nSPS) is 33.4. The minimum Gasteiger partial charge on any atom is -0.411 e. The van der Waals surface area contributed by atoms with Gasteiger partial charge in [0.15, 0.2) is 14.5 Å². The van der Waals surface area contributed by atoms with Gasteiger partial charge in [-0.3, -0.25) is 42.3 Å². The number of phosphoric acid groups is 1. The Bertz CT molecular complexity index is 1750. The van der Waals surface area contributed by atoms with E-state index in [-0.39, 0.29) is 37.5 Å². The molecule has 3 fully saturated rings. The lowest BCUT2D eigenvalue weighted by atomic mass is 9.89. The maximum Gasteiger partial charge on any atom is 0.475 e. The monoisotopic (exact) mass is 702 g/mol. The van der Waals surface area contributed by atoms with E-state index in [4.69, 9.17) is 27.5 Å². The Morgan fingerprint density at radius 2 is 1.81 bits per heavy atom. The van der Waals surface area contributed by atoms with E-state index >= 15 is 0 Å². The number of aliphatic hydroxyl groups is 2. The van der Waals surface area contributed by atoms with Crippen molar-refractivity contribution in [3.8, 4) is 0 Å². The van der Waals surface area contributed by atoms with Gasteiger partial charge in [0.1, 0.15) is 30.1 Å². The molecule has 19 heteroatoms. The molecule has 1 unspecified atom stereocenters. The number of rotatable bonds is 8. The van der Waals surface area contributed by atoms with Crippen LogP contribution in [0.1, 0.15) is 58.1 Å². The third-order valence-electron chi connectivity index (χ3n) is 9.34. The summed E-state index contributed by atoms with van der Waals surface area (Å²) in [7, 11) is -6.91. The van der Waals surface area contributed by atoms with Gasteiger partial charge in [-0.15, -0.1) is 0 Å². The lowest BCUT2D eigenvalue weighted by Gasteiger charge is -2.39. The molecule has 3 aliphatic heterocycles. The first-order chi connectivity index (χ1) is 21.9. The topological polar surface area (TPSA) is 223 Å². The number of aromatic nitrogens is 4. The van der Waals surface area contributed by atoms with Gasteiger partial charge in [0, 0.05) is 30.4 Å². The van der Waals surface area contributed by atoms with Crippen molar-refractivity contribution in [3.05, 3.63) is 65.7 Å². The van der Waals surface area contributed by atoms with Gasteiger partial charge in [-0.05, 0) is 37.9 Å². The summed E-state index contributed by atoms with van der Waals surface area (Å²) in [6.45, 7) is 10.7. The Morgan fingerprint density at radius 1 is 1.11 bits per heavy atom. The van der Waals surface area contributed by atoms with E-state index in [0.29, 0.717) is 5.56 Å². The van der Waals surface area contributed by atoms with Crippen LogP contribution in [-0.4, -0.2) is 87.5 Å². The summed E-state index contributed by atoms with van der Waals surface area (Å²) in [6, 6.07) is 1.08. The van der Waals surface area contributed by atoms with Gasteiger partial charge in [0.05, 0.1) is 25.9 Å². The number of aromatic amines is 2. The SMILES string of the molecule is Cc1cn([C@H]2C[C@H](O[Si](C)(C)C(C)(C)C)[C@@H](COP3(=O)OCCC[C@]4(O)[C@H](O3)[C@@H](CO)O[C@H]4n3ccc(=O)[nH]c3=O)O2)c(=O)[nH]c1=O. The van der Waals surface area contributed by atoms with Crippen LogP contribution in [0.5, 0.6) is 0 Å². The number of H-pyrrole nitrogens is 2. The molecule has 0 aliphatic carbocycles. The molecule has 3 saturated heterocycles. The molecule has 47 heavy (non-hydrogen) atoms. The zero-order valence-electron chi connectivity index (χ0n) is 27.2. The van der Waals surface area contributed by atoms with Crippen molar-refractivity contribution < 1.29 is 42.2 Å². The molecule has 0 aromatic carbocycles. The summed E-state index contributed by atoms with van der Waals surface area (Å²) in [5.41, 5.74) is -4.36. The fourth-order valence-corrected chi connectivity index (χ4v) is 8.57. The molecular weight excluding hydrogens is 659 g/mol. The quantitative estimate of drug-likeness (QED) is 0.223. The Balaban J connectivity index is 1.41. The Hall–Kier alpha value is -2.51. The third-order valence-corrected chi connectivity index (χ3v) is 15.3. The maximum atomic E-state index is 14.1. The summed E-state index contributed by atoms with van der Waals surface area (Å²) in [4.78, 5) is 53.3. The number of aryl methyl sites for hydroxylation is 1. The lowest BCUT2D eigenvalue weighted by Crippen LogP contribution is -2.51. The van der Waals surface area contributed by atoms with Gasteiger partial charge in [0.25, 0.3) is 11.1 Å². The summed E-state index contributed by atoms with van der Waals surface area (Å²) in [5, 5.41) is 21.8. The maximum absolute atomic E-state index is 14.1. The predicted octanol–water partition coefficient (Wildman–Crippen LogP) is 1.01. The molecule has 0 amide bonds. The largest absolute Gasteiger partial charge is 0.475 e. The molecule has 5 heterocycles. The highest BCUT2D eigenvalue weighted by atomic mass is 31.2. The fraction of sp³-hybridized carbons (Fsp3) is 0.714. The summed E-state index contributed by atoms with van der Waals surface area (Å²) < 4.78 is 52.3. The van der Waals surface area contributed by atoms with Crippen LogP contribution in [-0.2, 0) is 32.0 Å². The molecule has 0 radical (unpaired) electrons. The van der Waals surface area contributed by atoms with Crippen molar-refractivity contribution in [1.82, 2.24) is 19.1 Å². The second kappa shape index (κ2) is 13.1. The highest BCUT2D eigenvalue weighted by Gasteiger charge is 2.60. The Kier molecular flexibility index (Phi) is 9.95. The molecule has 2 aromatic heterocycles. The van der Waals surface area contributed by atoms with E-state index in [0.717, 1.165) is 16.8 Å². The number of nitrogens with one attached hydrogen (secondary N) is 2. The minimum atomic E-state index is -4.50. The van der Waals surface area contributed by atoms with Crippen LogP contribution in [0.25, 0.3) is 0 Å². The van der Waals surface area contributed by atoms with Gasteiger partial charge in [-0.2, -0.15) is 0 Å². The lowest BCUT2D eigenvalue weighted by molar-refractivity contribution is -0.123. The summed E-state index contributed by atoms with van der Waals surface area (Å²) in [6.07, 6.45) is -3.56. The van der Waals surface area contributed by atoms with Gasteiger partial charge >= 0.3 is 19.2 Å². The van der Waals surface area contributed by atoms with Gasteiger partial charge < -0.3 is 24.1 Å². The smallest absolute Gasteiger partial charge is 0.411 e. The van der Waals surface area contributed by atoms with Gasteiger partial charge in [-0.25, -0.2) is 14.2 Å². The molecule has 5 rings (SSSR count). The van der Waals surface area contributed by atoms with Crippen molar-refractivity contribution >= 4 is 16.1 Å². The van der Waals surface area contributed by atoms with Crippen molar-refractivity contribution in [2.75, 3.05) is 19.8 Å². The number of hydrogen-bond acceptors (Lipinski definition) is 13. The van der Waals surface area contributed by atoms with Crippen LogP contribution in [0.3, 0.4) is 0 Å². The summed E-state index contributed by atoms with van der Waals surface area (Å²) in [5.74, 6) is 0. The van der Waals surface area contributed by atoms with Crippen molar-refractivity contribution in [2.24, 2.45) is 0 Å². The standard InChI is InChI=1S/C28H43N4O13PSi/c1-16-13-32(26(37)30-23(16)35)21-12-17(45-47(5,6)27(2,3)4)19(42-21)15-41-46(39)40-11-7-9-28(38)22(44-46)18(14-33)43-24(28)31-10-8-20(34)29-25(31)36/h8,10,13,17-19,21-22,24,33,38H,7,9,11-12,14-15H2,1-6H3,(H,29,34,36)(H,30,35,37)/t17-,18+,19+,21+,22+,24+,28-,46?/m0/s1. The Morgan fingerprint density at radius 3 is 2.47 bits per heavy atom. The van der Waals surface area contributed by atoms with E-state index in [1.54, 1.807) is 6.92 Å². The molecule has 0 bridgehead atoms. The molecule has 8 atom stereocenters. The zero-order chi connectivity index (χ0) is 34.5. The van der Waals surface area contributed by atoms with Crippen LogP contribution in [0.2, 0.25) is 18.1 Å². The fourth-order valence-electron chi connectivity index (χ4n) is 5.73. The molecule has 262 valence electrons. The van der Waals surface area contributed by atoms with Crippen LogP contribution in [0, 0.1) is 6.92 Å². The van der Waals surface area contributed by atoms with Crippen LogP contribution in [0.15, 0.2) is 37.6 Å². The van der Waals surface area contributed by atoms with Crippen molar-refractivity contribution in [1.29, 1.82) is 0 Å². The number of phosphoric ester groups is 1.